The summed E-state index contributed by atoms with van der Waals surface area (Å²) in [7, 11) is 0. The van der Waals surface area contributed by atoms with E-state index >= 15 is 0 Å². The molecular weight excluding hydrogens is 1560 g/mol. The number of pyridine rings is 2. The van der Waals surface area contributed by atoms with Crippen molar-refractivity contribution < 1.29 is 86.5 Å². The van der Waals surface area contributed by atoms with Gasteiger partial charge in [-0.2, -0.15) is 0 Å². The second-order valence-corrected chi connectivity index (χ2v) is 29.1. The summed E-state index contributed by atoms with van der Waals surface area (Å²) in [4.78, 5) is 66.0. The largest absolute Gasteiger partial charge is 0.489 e. The van der Waals surface area contributed by atoms with Crippen molar-refractivity contribution in [1.82, 2.24) is 9.97 Å². The molecule has 26 heteroatoms. The predicted octanol–water partition coefficient (Wildman–Crippen LogP) is 17.2. The number of hydrogen-bond donors (Lipinski definition) is 11. The number of carbonyl (C=O) groups is 5. The number of carbonyl (C=O) groups excluding carboxylic acids is 1. The van der Waals surface area contributed by atoms with Crippen LogP contribution in [0.4, 0.5) is 5.69 Å². The molecule has 15 N–H and O–H groups in total. The predicted molar refractivity (Wildman–Crippen MR) is 460 cm³/mol. The van der Waals surface area contributed by atoms with Gasteiger partial charge in [0.2, 0.25) is 0 Å². The molecule has 16 aromatic rings. The quantitative estimate of drug-likeness (QED) is 0.0207. The molecule has 0 radical (unpaired) electrons. The molecule has 0 saturated carbocycles. The van der Waals surface area contributed by atoms with Crippen LogP contribution in [0.5, 0.6) is 17.2 Å². The number of aliphatic carboxylic acids is 4. The Balaban J connectivity index is 0.000000139. The third-order valence-corrected chi connectivity index (χ3v) is 20.3. The molecule has 0 fully saturated rings. The number of nitrogens with zero attached hydrogens (tertiary/aromatic N) is 2. The summed E-state index contributed by atoms with van der Waals surface area (Å²) in [5, 5.41) is 64.9. The maximum atomic E-state index is 12.9. The third kappa shape index (κ3) is 21.5. The molecule has 0 aliphatic rings. The van der Waals surface area contributed by atoms with Crippen molar-refractivity contribution in [2.45, 2.75) is 84.2 Å². The first-order valence-electron chi connectivity index (χ1n) is 38.4. The van der Waals surface area contributed by atoms with Crippen molar-refractivity contribution >= 4 is 90.7 Å². The lowest BCUT2D eigenvalue weighted by molar-refractivity contribution is -0.137. The zero-order valence-electron chi connectivity index (χ0n) is 65.5. The Morgan fingerprint density at radius 1 is 0.455 bits per heavy atom. The first-order chi connectivity index (χ1) is 58.7. The van der Waals surface area contributed by atoms with Crippen LogP contribution in [0, 0.1) is 0 Å². The molecule has 1 amide bonds. The smallest absolute Gasteiger partial charge is 0.307 e. The Morgan fingerprint density at radius 2 is 0.909 bits per heavy atom. The highest BCUT2D eigenvalue weighted by Gasteiger charge is 2.22. The summed E-state index contributed by atoms with van der Waals surface area (Å²) >= 11 is 1.33. The highest BCUT2D eigenvalue weighted by atomic mass is 32.1. The summed E-state index contributed by atoms with van der Waals surface area (Å²) < 4.78 is 40.8. The molecule has 614 valence electrons. The maximum absolute atomic E-state index is 12.9. The van der Waals surface area contributed by atoms with Gasteiger partial charge >= 0.3 is 23.9 Å². The van der Waals surface area contributed by atoms with E-state index in [4.69, 9.17) is 75.2 Å². The third-order valence-electron chi connectivity index (χ3n) is 19.5. The molecule has 121 heavy (non-hydrogen) atoms. The van der Waals surface area contributed by atoms with Gasteiger partial charge in [-0.15, -0.1) is 11.3 Å². The van der Waals surface area contributed by atoms with E-state index in [0.29, 0.717) is 93.2 Å². The van der Waals surface area contributed by atoms with E-state index in [-0.39, 0.29) is 63.8 Å². The fraction of sp³-hybridized carbons (Fsp3) is 0.147. The summed E-state index contributed by atoms with van der Waals surface area (Å²) in [5.74, 6) is -1.94. The lowest BCUT2D eigenvalue weighted by atomic mass is 9.97. The molecule has 16 rings (SSSR count). The van der Waals surface area contributed by atoms with Crippen molar-refractivity contribution in [2.75, 3.05) is 11.9 Å². The Kier molecular flexibility index (Phi) is 27.8. The molecule has 25 nitrogen and oxygen atoms in total. The summed E-state index contributed by atoms with van der Waals surface area (Å²) in [5.41, 5.74) is 42.7. The Bertz CT molecular complexity index is 6380. The number of thiophene rings is 1. The summed E-state index contributed by atoms with van der Waals surface area (Å²) in [6.07, 6.45) is 6.06. The number of fused-ring (bicyclic) bond motifs is 4. The van der Waals surface area contributed by atoms with Crippen molar-refractivity contribution in [2.24, 2.45) is 22.9 Å². The first-order valence-corrected chi connectivity index (χ1v) is 39.3. The number of furan rings is 4. The van der Waals surface area contributed by atoms with Crippen molar-refractivity contribution in [3.05, 3.63) is 333 Å². The van der Waals surface area contributed by atoms with E-state index in [0.717, 1.165) is 105 Å². The molecule has 0 saturated heterocycles. The molecule has 9 aromatic carbocycles. The molecule has 7 heterocycles. The second kappa shape index (κ2) is 39.7. The van der Waals surface area contributed by atoms with E-state index in [1.54, 1.807) is 96.4 Å². The number of amides is 1. The van der Waals surface area contributed by atoms with Crippen molar-refractivity contribution in [3.8, 4) is 61.9 Å². The van der Waals surface area contributed by atoms with Crippen LogP contribution < -0.4 is 42.5 Å². The number of nitrogens with two attached hydrogens (primary N) is 4. The fourth-order valence-electron chi connectivity index (χ4n) is 13.7. The molecule has 7 aromatic heterocycles. The van der Waals surface area contributed by atoms with Crippen LogP contribution in [0.1, 0.15) is 96.6 Å². The van der Waals surface area contributed by atoms with Gasteiger partial charge in [-0.3, -0.25) is 29.0 Å². The number of aliphatic hydroxyl groups is 2. The van der Waals surface area contributed by atoms with Crippen molar-refractivity contribution in [3.63, 3.8) is 0 Å². The number of para-hydroxylation sites is 3. The standard InChI is InChI=1S/C25H23NO5.C25H23NO4.C24H22N2O5.C21H17N3O4S/c26-13-16-4-3-6-18(8-16)22-10-17(9-20-11-21(14-27)31-25(20)22)15-30-23-7-2-1-5-19(23)12-24(28)29;1-16(26)18-6-4-7-19(13-18)22-12-17(11-21-9-10-29-25(21)22)15-30-23-8-3-2-5-20(23)14-24(27)28;25-20(13-27)21-11-16(5-7-26-21)19-10-15(9-18-6-8-30-24(18)19)14-31-22-4-2-1-3-17(22)12-23(28)29;22-9-12-2-1-3-13(6-12)19-20-14(4-5-28-20)7-16(23-19)21(27)24-17-11-29-10-15(17)8-18(25)26/h1-11,27H,12-15,26H2,(H,28,29);2-13,16H,14-15,26H2,1H3,(H,27,28);1-11,20,27H,12-14,25H2,(H,28,29);1-7,10-11H,8-9,22H2,(H,24,27)(H,25,26)/t;16-;20-;/m.11./s1. The molecule has 0 spiro atoms. The van der Waals surface area contributed by atoms with Gasteiger partial charge in [-0.05, 0) is 183 Å². The van der Waals surface area contributed by atoms with Gasteiger partial charge in [0.15, 0.2) is 5.58 Å². The average molecular weight is 1640 g/mol. The van der Waals surface area contributed by atoms with E-state index in [1.165, 1.54) is 11.3 Å². The van der Waals surface area contributed by atoms with Gasteiger partial charge in [0.25, 0.3) is 5.91 Å². The second-order valence-electron chi connectivity index (χ2n) is 28.3. The number of aromatic nitrogens is 2. The number of rotatable bonds is 29. The van der Waals surface area contributed by atoms with Gasteiger partial charge in [-0.25, -0.2) is 4.98 Å². The number of carboxylic acid groups (broad SMARTS) is 4. The first kappa shape index (κ1) is 84.6. The Morgan fingerprint density at radius 3 is 1.41 bits per heavy atom. The van der Waals surface area contributed by atoms with Crippen molar-refractivity contribution in [1.29, 1.82) is 0 Å². The van der Waals surface area contributed by atoms with Crippen LogP contribution in [-0.2, 0) is 84.4 Å². The minimum absolute atomic E-state index is 0.0608. The van der Waals surface area contributed by atoms with Gasteiger partial charge in [0.05, 0.1) is 68.5 Å². The Hall–Kier alpha value is -14.4. The lowest BCUT2D eigenvalue weighted by Gasteiger charge is -2.13. The van der Waals surface area contributed by atoms with E-state index in [9.17, 15) is 34.2 Å². The van der Waals surface area contributed by atoms with Crippen LogP contribution >= 0.6 is 11.3 Å². The molecule has 0 aliphatic heterocycles. The average Bonchev–Trinajstić information content (AvgIpc) is 1.68. The van der Waals surface area contributed by atoms with Crippen LogP contribution in [0.15, 0.2) is 278 Å². The van der Waals surface area contributed by atoms with Crippen LogP contribution in [-0.4, -0.2) is 77.0 Å². The minimum atomic E-state index is -0.959. The lowest BCUT2D eigenvalue weighted by Crippen LogP contribution is -2.15. The summed E-state index contributed by atoms with van der Waals surface area (Å²) in [6.45, 7) is 3.23. The van der Waals surface area contributed by atoms with Gasteiger partial charge in [0, 0.05) is 91.2 Å². The number of carboxylic acids is 4. The van der Waals surface area contributed by atoms with Gasteiger partial charge < -0.3 is 90.8 Å². The monoisotopic (exact) mass is 1640 g/mol. The molecule has 2 atom stereocenters. The van der Waals surface area contributed by atoms with E-state index in [2.05, 4.69) is 21.4 Å². The van der Waals surface area contributed by atoms with Gasteiger partial charge in [-0.1, -0.05) is 109 Å². The van der Waals surface area contributed by atoms with E-state index in [1.807, 2.05) is 165 Å². The normalized spacial score (nSPS) is 11.5. The SMILES string of the molecule is C[C@@H](N)c1cccc(-c2cc(COc3ccccc3CC(=O)O)cc3ccoc23)c1.NCc1cccc(-c2cc(COc3ccccc3CC(=O)O)cc3cc(CO)oc23)c1.NCc1cccc(-c2nc(C(=O)Nc3cscc3CC(=O)O)cc3ccoc23)c1.N[C@H](CO)c1cc(-c2cc(COc3ccccc3CC(=O)O)cc3ccoc23)ccn1. The highest BCUT2D eigenvalue weighted by molar-refractivity contribution is 7.08. The fourth-order valence-corrected chi connectivity index (χ4v) is 14.5. The number of hydrogen-bond acceptors (Lipinski definition) is 21. The Labute approximate surface area is 697 Å². The highest BCUT2D eigenvalue weighted by Crippen LogP contribution is 2.39. The molecule has 0 unspecified atom stereocenters. The zero-order chi connectivity index (χ0) is 85.1. The zero-order valence-corrected chi connectivity index (χ0v) is 66.3. The minimum Gasteiger partial charge on any atom is -0.489 e. The maximum Gasteiger partial charge on any atom is 0.307 e. The number of benzene rings is 9. The molecule has 0 bridgehead atoms. The number of nitrogens with one attached hydrogen (secondary N) is 1. The van der Waals surface area contributed by atoms with E-state index < -0.39 is 35.8 Å². The van der Waals surface area contributed by atoms with Crippen LogP contribution in [0.25, 0.3) is 88.5 Å². The van der Waals surface area contributed by atoms with Gasteiger partial charge in [0.1, 0.15) is 77.6 Å². The van der Waals surface area contributed by atoms with Crippen LogP contribution in [0.3, 0.4) is 0 Å². The topological polar surface area (TPSA) is 429 Å². The number of ether oxygens (including phenoxy) is 3. The number of anilines is 1. The number of aliphatic hydroxyl groups excluding tert-OH is 2. The molecular formula is C95H85N7O18S. The summed E-state index contributed by atoms with van der Waals surface area (Å²) in [6, 6.07) is 69.2. The molecule has 0 aliphatic carbocycles. The van der Waals surface area contributed by atoms with Crippen LogP contribution in [0.2, 0.25) is 0 Å².